The molecular formula is C59H100N8O8S. The second-order valence-corrected chi connectivity index (χ2v) is 22.7. The lowest BCUT2D eigenvalue weighted by Gasteiger charge is -2.24. The van der Waals surface area contributed by atoms with Gasteiger partial charge in [0.05, 0.1) is 6.54 Å². The Morgan fingerprint density at radius 2 is 1.17 bits per heavy atom. The fourth-order valence-electron chi connectivity index (χ4n) is 8.90. The molecule has 0 radical (unpaired) electrons. The van der Waals surface area contributed by atoms with Crippen molar-refractivity contribution in [1.29, 1.82) is 0 Å². The van der Waals surface area contributed by atoms with Gasteiger partial charge in [-0.25, -0.2) is 9.59 Å². The summed E-state index contributed by atoms with van der Waals surface area (Å²) in [6.07, 6.45) is 32.4. The molecule has 0 saturated heterocycles. The van der Waals surface area contributed by atoms with Crippen molar-refractivity contribution in [3.63, 3.8) is 0 Å². The molecule has 1 aromatic carbocycles. The number of benzene rings is 1. The number of nitrogens with two attached hydrogens (primary N) is 1. The number of fused-ring (bicyclic) bond motifs is 1. The zero-order valence-electron chi connectivity index (χ0n) is 47.8. The number of nitrogens with zero attached hydrogens (tertiary/aromatic N) is 3. The lowest BCUT2D eigenvalue weighted by Crippen LogP contribution is -2.47. The van der Waals surface area contributed by atoms with E-state index in [9.17, 15) is 24.0 Å². The van der Waals surface area contributed by atoms with E-state index in [2.05, 4.69) is 51.7 Å². The number of unbranched alkanes of at least 4 members (excludes halogenated alkanes) is 25. The number of nitrogens with one attached hydrogen (secondary N) is 4. The number of aromatic amines is 1. The van der Waals surface area contributed by atoms with E-state index in [-0.39, 0.29) is 54.5 Å². The highest BCUT2D eigenvalue weighted by Gasteiger charge is 2.26. The molecular weight excluding hydrogens is 981 g/mol. The minimum Gasteiger partial charge on any atom is -0.462 e. The number of esters is 2. The fraction of sp³-hybridized carbons (Fsp3) is 0.746. The van der Waals surface area contributed by atoms with Crippen LogP contribution in [0.5, 0.6) is 0 Å². The lowest BCUT2D eigenvalue weighted by atomic mass is 10.0. The second kappa shape index (κ2) is 39.5. The first-order chi connectivity index (χ1) is 36.7. The number of hydrogen-bond acceptors (Lipinski definition) is 13. The van der Waals surface area contributed by atoms with Gasteiger partial charge in [0.15, 0.2) is 11.5 Å². The Morgan fingerprint density at radius 1 is 0.671 bits per heavy atom. The van der Waals surface area contributed by atoms with Crippen LogP contribution in [-0.2, 0) is 35.1 Å². The van der Waals surface area contributed by atoms with Crippen LogP contribution in [0.1, 0.15) is 240 Å². The molecule has 0 aliphatic rings. The molecule has 0 saturated carbocycles. The van der Waals surface area contributed by atoms with Crippen molar-refractivity contribution in [2.45, 2.75) is 258 Å². The molecule has 0 spiro atoms. The number of hydrogen-bond donors (Lipinski definition) is 5. The highest BCUT2D eigenvalue weighted by Crippen LogP contribution is 2.21. The van der Waals surface area contributed by atoms with E-state index in [1.54, 1.807) is 45.0 Å². The molecule has 2 aromatic heterocycles. The number of anilines is 3. The Kier molecular flexibility index (Phi) is 34.1. The number of ether oxygens (including phenoxy) is 3. The summed E-state index contributed by atoms with van der Waals surface area (Å²) in [5, 5.41) is 8.78. The van der Waals surface area contributed by atoms with Gasteiger partial charge in [-0.3, -0.25) is 19.0 Å². The largest absolute Gasteiger partial charge is 0.462 e. The quantitative estimate of drug-likeness (QED) is 0.0202. The summed E-state index contributed by atoms with van der Waals surface area (Å²) in [6, 6.07) is 5.95. The summed E-state index contributed by atoms with van der Waals surface area (Å²) < 4.78 is 18.6. The second-order valence-electron chi connectivity index (χ2n) is 21.6. The summed E-state index contributed by atoms with van der Waals surface area (Å²) in [7, 11) is 0. The van der Waals surface area contributed by atoms with Crippen molar-refractivity contribution in [2.75, 3.05) is 41.0 Å². The molecule has 430 valence electrons. The van der Waals surface area contributed by atoms with Crippen molar-refractivity contribution in [1.82, 2.24) is 24.8 Å². The summed E-state index contributed by atoms with van der Waals surface area (Å²) >= 11 is 1.30. The minimum atomic E-state index is -1.05. The van der Waals surface area contributed by atoms with Crippen LogP contribution in [0.3, 0.4) is 0 Å². The molecule has 76 heavy (non-hydrogen) atoms. The van der Waals surface area contributed by atoms with Crippen molar-refractivity contribution < 1.29 is 33.4 Å². The lowest BCUT2D eigenvalue weighted by molar-refractivity contribution is -0.157. The van der Waals surface area contributed by atoms with E-state index in [0.717, 1.165) is 63.4 Å². The van der Waals surface area contributed by atoms with Crippen LogP contribution in [0.25, 0.3) is 11.2 Å². The minimum absolute atomic E-state index is 0.0979. The maximum absolute atomic E-state index is 13.9. The first kappa shape index (κ1) is 65.5. The van der Waals surface area contributed by atoms with E-state index in [1.807, 2.05) is 0 Å². The summed E-state index contributed by atoms with van der Waals surface area (Å²) in [5.74, 6) is -0.320. The number of H-pyrrole nitrogens is 1. The predicted molar refractivity (Wildman–Crippen MR) is 312 cm³/mol. The number of alkyl carbamates (subject to hydrolysis) is 1. The molecule has 1 unspecified atom stereocenters. The van der Waals surface area contributed by atoms with Crippen LogP contribution in [-0.4, -0.2) is 85.9 Å². The average molecular weight is 1080 g/mol. The molecule has 2 amide bonds. The average Bonchev–Trinajstić information content (AvgIpc) is 3.70. The number of nitrogen functional groups attached to an aromatic ring is 1. The van der Waals surface area contributed by atoms with Crippen LogP contribution in [0.15, 0.2) is 29.1 Å². The first-order valence-corrected chi connectivity index (χ1v) is 30.7. The molecule has 6 N–H and O–H groups in total. The van der Waals surface area contributed by atoms with Crippen molar-refractivity contribution in [3.05, 3.63) is 40.3 Å². The maximum Gasteiger partial charge on any atom is 0.408 e. The first-order valence-electron chi connectivity index (χ1n) is 29.5. The monoisotopic (exact) mass is 1080 g/mol. The molecule has 0 aliphatic heterocycles. The maximum atomic E-state index is 13.9. The zero-order chi connectivity index (χ0) is 55.2. The number of thioether (sulfide) groups is 1. The molecule has 17 heteroatoms. The van der Waals surface area contributed by atoms with Gasteiger partial charge in [-0.15, -0.1) is 0 Å². The summed E-state index contributed by atoms with van der Waals surface area (Å²) in [6.45, 7) is 12.6. The summed E-state index contributed by atoms with van der Waals surface area (Å²) in [4.78, 5) is 77.8. The van der Waals surface area contributed by atoms with Gasteiger partial charge in [0.2, 0.25) is 11.9 Å². The van der Waals surface area contributed by atoms with E-state index >= 15 is 0 Å². The van der Waals surface area contributed by atoms with Crippen molar-refractivity contribution >= 4 is 64.3 Å². The number of amides is 2. The molecule has 2 heterocycles. The number of imidazole rings is 1. The molecule has 0 fully saturated rings. The standard InChI is InChI=1S/C59H100N8O8S/c1-7-10-13-15-17-19-21-23-25-27-29-31-33-35-50(68)73-43-48(74-51(69)36-34-32-30-28-26-24-22-20-18-16-14-11-8-2)44-76-45-49(63-58(72)75-59(4,5)6)55(70)62-47-39-37-46(38-40-47)42-67-54-52(64-57(67)71)53(60)65-56(66-54)61-41-12-9-3/h37-40,48-49H,7-36,41-45H2,1-6H3,(H,62,70)(H,63,72)(H,64,71)(H3,60,61,65,66)/t48-,49?/m1/s1. The predicted octanol–water partition coefficient (Wildman–Crippen LogP) is 13.9. The third kappa shape index (κ3) is 29.6. The molecule has 3 aromatic rings. The van der Waals surface area contributed by atoms with E-state index in [1.165, 1.54) is 138 Å². The molecule has 2 atom stereocenters. The van der Waals surface area contributed by atoms with Gasteiger partial charge in [0, 0.05) is 36.6 Å². The van der Waals surface area contributed by atoms with Crippen molar-refractivity contribution in [3.8, 4) is 0 Å². The van der Waals surface area contributed by atoms with Crippen molar-refractivity contribution in [2.24, 2.45) is 0 Å². The molecule has 0 bridgehead atoms. The number of aromatic nitrogens is 4. The third-order valence-corrected chi connectivity index (χ3v) is 14.5. The highest BCUT2D eigenvalue weighted by molar-refractivity contribution is 7.99. The number of carbonyl (C=O) groups excluding carboxylic acids is 4. The van der Waals surface area contributed by atoms with Gasteiger partial charge in [-0.05, 0) is 57.7 Å². The van der Waals surface area contributed by atoms with Gasteiger partial charge in [-0.2, -0.15) is 21.7 Å². The van der Waals surface area contributed by atoms with Crippen LogP contribution in [0, 0.1) is 0 Å². The SMILES string of the molecule is CCCCCCCCCCCCCCCC(=O)OC[C@H](CSCC(NC(=O)OC(C)(C)C)C(=O)Nc1ccc(Cn2c(=O)[nH]c3c(N)nc(NCCCC)nc32)cc1)OC(=O)CCCCCCCCCCCCCCC. The number of rotatable bonds is 44. The highest BCUT2D eigenvalue weighted by atomic mass is 32.2. The zero-order valence-corrected chi connectivity index (χ0v) is 48.6. The molecule has 3 rings (SSSR count). The van der Waals surface area contributed by atoms with Crippen LogP contribution in [0.4, 0.5) is 22.2 Å². The Morgan fingerprint density at radius 3 is 1.68 bits per heavy atom. The van der Waals surface area contributed by atoms with E-state index in [4.69, 9.17) is 19.9 Å². The normalized spacial score (nSPS) is 12.3. The van der Waals surface area contributed by atoms with Gasteiger partial charge < -0.3 is 40.9 Å². The van der Waals surface area contributed by atoms with Gasteiger partial charge in [0.25, 0.3) is 0 Å². The summed E-state index contributed by atoms with van der Waals surface area (Å²) in [5.41, 5.74) is 6.94. The van der Waals surface area contributed by atoms with Gasteiger partial charge in [0.1, 0.15) is 29.9 Å². The smallest absolute Gasteiger partial charge is 0.408 e. The molecule has 0 aliphatic carbocycles. The fourth-order valence-corrected chi connectivity index (χ4v) is 9.94. The van der Waals surface area contributed by atoms with E-state index in [0.29, 0.717) is 35.8 Å². The third-order valence-electron chi connectivity index (χ3n) is 13.3. The Labute approximate surface area is 460 Å². The Hall–Kier alpha value is -4.80. The Bertz CT molecular complexity index is 2120. The van der Waals surface area contributed by atoms with Crippen LogP contribution < -0.4 is 27.4 Å². The Balaban J connectivity index is 1.58. The van der Waals surface area contributed by atoms with Crippen LogP contribution >= 0.6 is 11.8 Å². The van der Waals surface area contributed by atoms with Crippen LogP contribution in [0.2, 0.25) is 0 Å². The van der Waals surface area contributed by atoms with E-state index < -0.39 is 29.7 Å². The van der Waals surface area contributed by atoms with Gasteiger partial charge in [-0.1, -0.05) is 193 Å². The molecule has 16 nitrogen and oxygen atoms in total. The van der Waals surface area contributed by atoms with Gasteiger partial charge >= 0.3 is 23.7 Å². The number of carbonyl (C=O) groups is 4. The topological polar surface area (TPSA) is 222 Å².